The van der Waals surface area contributed by atoms with E-state index in [1.165, 1.54) is 26.3 Å². The van der Waals surface area contributed by atoms with E-state index < -0.39 is 44.7 Å². The molecule has 0 saturated heterocycles. The first-order valence-corrected chi connectivity index (χ1v) is 15.5. The number of halogens is 4. The van der Waals surface area contributed by atoms with Crippen LogP contribution < -0.4 is 10.6 Å². The molecule has 2 aliphatic rings. The Bertz CT molecular complexity index is 1400. The Labute approximate surface area is 236 Å². The van der Waals surface area contributed by atoms with Crippen molar-refractivity contribution in [1.82, 2.24) is 20.1 Å². The van der Waals surface area contributed by atoms with Gasteiger partial charge in [0.05, 0.1) is 34.0 Å². The second kappa shape index (κ2) is 10.5. The minimum Gasteiger partial charge on any atom is -0.388 e. The van der Waals surface area contributed by atoms with E-state index in [1.807, 2.05) is 13.8 Å². The van der Waals surface area contributed by atoms with Gasteiger partial charge in [0.25, 0.3) is 5.91 Å². The minimum absolute atomic E-state index is 0.0227. The van der Waals surface area contributed by atoms with Gasteiger partial charge in [-0.25, -0.2) is 13.4 Å². The maximum atomic E-state index is 13.1. The quantitative estimate of drug-likeness (QED) is 0.411. The number of aromatic nitrogens is 3. The molecule has 3 heterocycles. The molecule has 1 amide bonds. The van der Waals surface area contributed by atoms with Gasteiger partial charge in [-0.2, -0.15) is 18.3 Å². The van der Waals surface area contributed by atoms with Gasteiger partial charge in [-0.15, -0.1) is 0 Å². The first-order chi connectivity index (χ1) is 18.3. The predicted octanol–water partition coefficient (Wildman–Crippen LogP) is 4.87. The summed E-state index contributed by atoms with van der Waals surface area (Å²) < 4.78 is 64.3. The molecule has 222 valence electrons. The number of rotatable bonds is 7. The van der Waals surface area contributed by atoms with Crippen LogP contribution in [-0.2, 0) is 9.84 Å². The standard InChI is InChI=1S/C26H35ClF3N5O4S/c1-14-15(2)35-22(18-11-31-19(10-17(14)18)33-24(3,4)12-26(28,29)30)20(27)21(34-35)23(36)32-13-25(37)8-6-16(7-9-25)40(5,38)39/h10-11,14-16,37H,6-9,12-13H2,1-5H3,(H,31,33)(H,32,36). The molecule has 0 spiro atoms. The lowest BCUT2D eigenvalue weighted by Crippen LogP contribution is -2.47. The van der Waals surface area contributed by atoms with E-state index >= 15 is 0 Å². The summed E-state index contributed by atoms with van der Waals surface area (Å²) in [5.74, 6) is -0.394. The fourth-order valence-corrected chi connectivity index (χ4v) is 7.04. The first-order valence-electron chi connectivity index (χ1n) is 13.1. The van der Waals surface area contributed by atoms with Crippen LogP contribution in [0, 0.1) is 0 Å². The van der Waals surface area contributed by atoms with E-state index in [1.54, 1.807) is 10.7 Å². The van der Waals surface area contributed by atoms with Crippen molar-refractivity contribution in [3.8, 4) is 11.3 Å². The van der Waals surface area contributed by atoms with Crippen molar-refractivity contribution in [2.75, 3.05) is 18.1 Å². The SMILES string of the molecule is CC1c2cc(NC(C)(C)CC(F)(F)F)ncc2-c2c(Cl)c(C(=O)NCC3(O)CCC(S(C)(=O)=O)CC3)nn2C1C. The number of sulfone groups is 1. The molecule has 40 heavy (non-hydrogen) atoms. The van der Waals surface area contributed by atoms with Crippen LogP contribution in [0.15, 0.2) is 12.3 Å². The molecule has 0 aromatic carbocycles. The second-order valence-electron chi connectivity index (χ2n) is 11.9. The van der Waals surface area contributed by atoms with Gasteiger partial charge in [0.1, 0.15) is 15.7 Å². The van der Waals surface area contributed by atoms with E-state index in [2.05, 4.69) is 20.7 Å². The van der Waals surface area contributed by atoms with E-state index in [-0.39, 0.29) is 42.1 Å². The Morgan fingerprint density at radius 1 is 1.25 bits per heavy atom. The van der Waals surface area contributed by atoms with Crippen LogP contribution in [0.2, 0.25) is 5.02 Å². The van der Waals surface area contributed by atoms with Crippen molar-refractivity contribution < 1.29 is 31.5 Å². The van der Waals surface area contributed by atoms with Crippen molar-refractivity contribution in [2.45, 2.75) is 94.3 Å². The number of nitrogens with zero attached hydrogens (tertiary/aromatic N) is 3. The molecule has 9 nitrogen and oxygen atoms in total. The molecule has 0 radical (unpaired) electrons. The Balaban J connectivity index is 1.54. The van der Waals surface area contributed by atoms with Crippen molar-refractivity contribution >= 4 is 33.2 Å². The molecule has 3 N–H and O–H groups in total. The zero-order valence-corrected chi connectivity index (χ0v) is 24.6. The lowest BCUT2D eigenvalue weighted by atomic mass is 9.84. The molecule has 1 fully saturated rings. The first kappa shape index (κ1) is 30.6. The van der Waals surface area contributed by atoms with Gasteiger partial charge in [0, 0.05) is 36.0 Å². The zero-order chi connectivity index (χ0) is 29.8. The fraction of sp³-hybridized carbons (Fsp3) is 0.654. The van der Waals surface area contributed by atoms with Crippen LogP contribution in [0.1, 0.15) is 87.8 Å². The summed E-state index contributed by atoms with van der Waals surface area (Å²) in [7, 11) is -3.19. The molecule has 14 heteroatoms. The summed E-state index contributed by atoms with van der Waals surface area (Å²) in [5, 5.41) is 20.6. The number of amides is 1. The number of hydrogen-bond donors (Lipinski definition) is 3. The van der Waals surface area contributed by atoms with Crippen LogP contribution in [0.4, 0.5) is 19.0 Å². The number of aliphatic hydroxyl groups is 1. The van der Waals surface area contributed by atoms with Crippen LogP contribution in [0.5, 0.6) is 0 Å². The number of nitrogens with one attached hydrogen (secondary N) is 2. The molecule has 0 bridgehead atoms. The normalized spacial score (nSPS) is 25.2. The molecule has 4 rings (SSSR count). The third-order valence-corrected chi connectivity index (χ3v) is 10.1. The van der Waals surface area contributed by atoms with Crippen LogP contribution in [0.25, 0.3) is 11.3 Å². The van der Waals surface area contributed by atoms with Gasteiger partial charge < -0.3 is 15.7 Å². The van der Waals surface area contributed by atoms with Crippen molar-refractivity contribution in [1.29, 1.82) is 0 Å². The molecule has 1 saturated carbocycles. The zero-order valence-electron chi connectivity index (χ0n) is 23.1. The lowest BCUT2D eigenvalue weighted by Gasteiger charge is -2.35. The number of hydrogen-bond acceptors (Lipinski definition) is 7. The largest absolute Gasteiger partial charge is 0.391 e. The van der Waals surface area contributed by atoms with Gasteiger partial charge in [-0.3, -0.25) is 9.48 Å². The monoisotopic (exact) mass is 605 g/mol. The van der Waals surface area contributed by atoms with Crippen LogP contribution in [0.3, 0.4) is 0 Å². The summed E-state index contributed by atoms with van der Waals surface area (Å²) in [5.41, 5.74) is -0.615. The van der Waals surface area contributed by atoms with Gasteiger partial charge >= 0.3 is 6.18 Å². The Morgan fingerprint density at radius 2 is 1.88 bits per heavy atom. The Morgan fingerprint density at radius 3 is 2.45 bits per heavy atom. The lowest BCUT2D eigenvalue weighted by molar-refractivity contribution is -0.142. The number of fused-ring (bicyclic) bond motifs is 3. The van der Waals surface area contributed by atoms with Gasteiger partial charge in [0.2, 0.25) is 0 Å². The molecule has 2 atom stereocenters. The van der Waals surface area contributed by atoms with Gasteiger partial charge in [-0.1, -0.05) is 18.5 Å². The number of anilines is 1. The van der Waals surface area contributed by atoms with Crippen LogP contribution in [-0.4, -0.2) is 69.6 Å². The minimum atomic E-state index is -4.34. The molecule has 2 aromatic rings. The average molecular weight is 606 g/mol. The summed E-state index contributed by atoms with van der Waals surface area (Å²) in [6.45, 7) is 6.70. The summed E-state index contributed by atoms with van der Waals surface area (Å²) in [4.78, 5) is 17.5. The number of carbonyl (C=O) groups is 1. The second-order valence-corrected chi connectivity index (χ2v) is 14.6. The molecule has 1 aliphatic heterocycles. The topological polar surface area (TPSA) is 126 Å². The van der Waals surface area contributed by atoms with Gasteiger partial charge in [0.15, 0.2) is 5.69 Å². The van der Waals surface area contributed by atoms with Gasteiger partial charge in [-0.05, 0) is 58.1 Å². The summed E-state index contributed by atoms with van der Waals surface area (Å²) >= 11 is 6.68. The van der Waals surface area contributed by atoms with Crippen molar-refractivity contribution in [3.05, 3.63) is 28.5 Å². The molecular weight excluding hydrogens is 571 g/mol. The van der Waals surface area contributed by atoms with Crippen molar-refractivity contribution in [3.63, 3.8) is 0 Å². The number of carbonyl (C=O) groups excluding carboxylic acids is 1. The van der Waals surface area contributed by atoms with E-state index in [0.29, 0.717) is 29.9 Å². The fourth-order valence-electron chi connectivity index (χ4n) is 5.64. The Hall–Kier alpha value is -2.38. The highest BCUT2D eigenvalue weighted by Gasteiger charge is 2.40. The van der Waals surface area contributed by atoms with E-state index in [0.717, 1.165) is 5.56 Å². The van der Waals surface area contributed by atoms with Crippen molar-refractivity contribution in [2.24, 2.45) is 0 Å². The third-order valence-electron chi connectivity index (χ3n) is 8.01. The Kier molecular flexibility index (Phi) is 8.00. The number of alkyl halides is 3. The average Bonchev–Trinajstić information content (AvgIpc) is 3.16. The highest BCUT2D eigenvalue weighted by Crippen LogP contribution is 2.46. The van der Waals surface area contributed by atoms with E-state index in [9.17, 15) is 31.5 Å². The summed E-state index contributed by atoms with van der Waals surface area (Å²) in [6.07, 6.45) is -1.56. The summed E-state index contributed by atoms with van der Waals surface area (Å²) in [6, 6.07) is 1.49. The van der Waals surface area contributed by atoms with E-state index in [4.69, 9.17) is 11.6 Å². The molecule has 2 unspecified atom stereocenters. The smallest absolute Gasteiger partial charge is 0.388 e. The number of pyridine rings is 1. The van der Waals surface area contributed by atoms with Crippen LogP contribution >= 0.6 is 11.6 Å². The molecule has 2 aromatic heterocycles. The maximum absolute atomic E-state index is 13.1. The highest BCUT2D eigenvalue weighted by atomic mass is 35.5. The molecule has 1 aliphatic carbocycles. The predicted molar refractivity (Wildman–Crippen MR) is 146 cm³/mol. The third kappa shape index (κ3) is 6.41. The highest BCUT2D eigenvalue weighted by molar-refractivity contribution is 7.91. The maximum Gasteiger partial charge on any atom is 0.391 e. The molecular formula is C26H35ClF3N5O4S.